The predicted molar refractivity (Wildman–Crippen MR) is 76.5 cm³/mol. The summed E-state index contributed by atoms with van der Waals surface area (Å²) in [5.74, 6) is 1.54. The number of ether oxygens (including phenoxy) is 3. The van der Waals surface area contributed by atoms with Crippen LogP contribution >= 0.6 is 31.9 Å². The van der Waals surface area contributed by atoms with Crippen molar-refractivity contribution in [3.63, 3.8) is 0 Å². The lowest BCUT2D eigenvalue weighted by Crippen LogP contribution is -2.41. The first kappa shape index (κ1) is 14.1. The first-order chi connectivity index (χ1) is 8.70. The predicted octanol–water partition coefficient (Wildman–Crippen LogP) is 2.59. The first-order valence-corrected chi connectivity index (χ1v) is 7.27. The maximum atomic E-state index is 5.76. The zero-order valence-electron chi connectivity index (χ0n) is 10.0. The Labute approximate surface area is 123 Å². The van der Waals surface area contributed by atoms with Crippen molar-refractivity contribution in [1.82, 2.24) is 5.32 Å². The average Bonchev–Trinajstić information content (AvgIpc) is 2.40. The highest BCUT2D eigenvalue weighted by molar-refractivity contribution is 9.11. The molecule has 0 radical (unpaired) electrons. The highest BCUT2D eigenvalue weighted by Gasteiger charge is 2.15. The van der Waals surface area contributed by atoms with Crippen molar-refractivity contribution in [2.24, 2.45) is 0 Å². The van der Waals surface area contributed by atoms with Gasteiger partial charge in [0, 0.05) is 13.1 Å². The van der Waals surface area contributed by atoms with E-state index in [0.717, 1.165) is 40.1 Å². The zero-order valence-corrected chi connectivity index (χ0v) is 13.2. The third kappa shape index (κ3) is 3.60. The second kappa shape index (κ2) is 6.75. The number of hydrogen-bond acceptors (Lipinski definition) is 4. The number of nitrogens with one attached hydrogen (secondary N) is 1. The Kier molecular flexibility index (Phi) is 5.29. The van der Waals surface area contributed by atoms with Gasteiger partial charge in [0.15, 0.2) is 0 Å². The molecule has 1 unspecified atom stereocenters. The Balaban J connectivity index is 1.98. The molecule has 1 heterocycles. The van der Waals surface area contributed by atoms with Gasteiger partial charge in [0.1, 0.15) is 24.2 Å². The van der Waals surface area contributed by atoms with Crippen LogP contribution in [0.25, 0.3) is 0 Å². The van der Waals surface area contributed by atoms with Gasteiger partial charge in [0.2, 0.25) is 0 Å². The minimum atomic E-state index is 0.103. The second-order valence-corrected chi connectivity index (χ2v) is 5.63. The maximum Gasteiger partial charge on any atom is 0.135 e. The zero-order chi connectivity index (χ0) is 13.0. The summed E-state index contributed by atoms with van der Waals surface area (Å²) in [6.07, 6.45) is 0.103. The van der Waals surface area contributed by atoms with Crippen LogP contribution in [0.3, 0.4) is 0 Å². The van der Waals surface area contributed by atoms with Crippen molar-refractivity contribution in [2.75, 3.05) is 33.4 Å². The number of rotatable bonds is 4. The molecule has 0 spiro atoms. The van der Waals surface area contributed by atoms with Crippen LogP contribution in [0.4, 0.5) is 0 Å². The standard InChI is InChI=1S/C12H15Br2NO3/c1-16-11-4-10(14)12(5-9(11)13)18-7-8-6-15-2-3-17-8/h4-5,8,15H,2-3,6-7H2,1H3. The summed E-state index contributed by atoms with van der Waals surface area (Å²) in [5, 5.41) is 3.27. The molecular formula is C12H15Br2NO3. The fourth-order valence-electron chi connectivity index (χ4n) is 1.69. The molecule has 100 valence electrons. The molecule has 0 saturated carbocycles. The molecule has 2 rings (SSSR count). The van der Waals surface area contributed by atoms with Crippen molar-refractivity contribution < 1.29 is 14.2 Å². The summed E-state index contributed by atoms with van der Waals surface area (Å²) in [7, 11) is 1.63. The van der Waals surface area contributed by atoms with Crippen molar-refractivity contribution in [3.8, 4) is 11.5 Å². The lowest BCUT2D eigenvalue weighted by atomic mass is 10.3. The molecule has 0 amide bonds. The van der Waals surface area contributed by atoms with Crippen LogP contribution < -0.4 is 14.8 Å². The highest BCUT2D eigenvalue weighted by Crippen LogP contribution is 2.36. The van der Waals surface area contributed by atoms with Crippen molar-refractivity contribution in [3.05, 3.63) is 21.1 Å². The monoisotopic (exact) mass is 379 g/mol. The molecule has 1 aliphatic rings. The number of hydrogen-bond donors (Lipinski definition) is 1. The van der Waals surface area contributed by atoms with Gasteiger partial charge in [-0.3, -0.25) is 0 Å². The largest absolute Gasteiger partial charge is 0.496 e. The van der Waals surface area contributed by atoms with E-state index in [4.69, 9.17) is 14.2 Å². The number of methoxy groups -OCH3 is 1. The summed E-state index contributed by atoms with van der Waals surface area (Å²) in [6, 6.07) is 3.76. The molecule has 0 aromatic heterocycles. The van der Waals surface area contributed by atoms with Crippen LogP contribution in [-0.4, -0.2) is 39.5 Å². The number of halogens is 2. The molecule has 0 aliphatic carbocycles. The van der Waals surface area contributed by atoms with E-state index >= 15 is 0 Å². The topological polar surface area (TPSA) is 39.7 Å². The van der Waals surface area contributed by atoms with Crippen LogP contribution in [0, 0.1) is 0 Å². The molecule has 1 aliphatic heterocycles. The second-order valence-electron chi connectivity index (χ2n) is 3.93. The summed E-state index contributed by atoms with van der Waals surface area (Å²) in [5.41, 5.74) is 0. The minimum absolute atomic E-state index is 0.103. The van der Waals surface area contributed by atoms with E-state index in [-0.39, 0.29) is 6.10 Å². The molecule has 0 bridgehead atoms. The highest BCUT2D eigenvalue weighted by atomic mass is 79.9. The minimum Gasteiger partial charge on any atom is -0.496 e. The number of benzene rings is 1. The van der Waals surface area contributed by atoms with Gasteiger partial charge < -0.3 is 19.5 Å². The van der Waals surface area contributed by atoms with Crippen LogP contribution in [0.5, 0.6) is 11.5 Å². The fraction of sp³-hybridized carbons (Fsp3) is 0.500. The van der Waals surface area contributed by atoms with Gasteiger partial charge in [-0.25, -0.2) is 0 Å². The van der Waals surface area contributed by atoms with Gasteiger partial charge in [-0.05, 0) is 44.0 Å². The van der Waals surface area contributed by atoms with Gasteiger partial charge in [0.05, 0.1) is 22.7 Å². The molecule has 6 heteroatoms. The van der Waals surface area contributed by atoms with Gasteiger partial charge in [0.25, 0.3) is 0 Å². The Morgan fingerprint density at radius 2 is 2.06 bits per heavy atom. The molecule has 18 heavy (non-hydrogen) atoms. The van der Waals surface area contributed by atoms with Crippen LogP contribution in [0.15, 0.2) is 21.1 Å². The van der Waals surface area contributed by atoms with Crippen LogP contribution in [0.2, 0.25) is 0 Å². The summed E-state index contributed by atoms with van der Waals surface area (Å²) < 4.78 is 18.3. The van der Waals surface area contributed by atoms with E-state index in [1.807, 2.05) is 12.1 Å². The summed E-state index contributed by atoms with van der Waals surface area (Å²) in [4.78, 5) is 0. The van der Waals surface area contributed by atoms with E-state index in [2.05, 4.69) is 37.2 Å². The Bertz CT molecular complexity index is 409. The van der Waals surface area contributed by atoms with Gasteiger partial charge in [-0.1, -0.05) is 0 Å². The number of morpholine rings is 1. The van der Waals surface area contributed by atoms with E-state index < -0.39 is 0 Å². The Morgan fingerprint density at radius 1 is 1.33 bits per heavy atom. The third-order valence-electron chi connectivity index (χ3n) is 2.64. The Morgan fingerprint density at radius 3 is 2.72 bits per heavy atom. The van der Waals surface area contributed by atoms with Crippen molar-refractivity contribution in [1.29, 1.82) is 0 Å². The molecular weight excluding hydrogens is 366 g/mol. The molecule has 4 nitrogen and oxygen atoms in total. The molecule has 1 saturated heterocycles. The smallest absolute Gasteiger partial charge is 0.135 e. The summed E-state index contributed by atoms with van der Waals surface area (Å²) in [6.45, 7) is 3.01. The van der Waals surface area contributed by atoms with E-state index in [0.29, 0.717) is 6.61 Å². The fourth-order valence-corrected chi connectivity index (χ4v) is 2.61. The van der Waals surface area contributed by atoms with E-state index in [1.54, 1.807) is 7.11 Å². The lowest BCUT2D eigenvalue weighted by Gasteiger charge is -2.24. The third-order valence-corrected chi connectivity index (χ3v) is 3.87. The molecule has 1 atom stereocenters. The van der Waals surface area contributed by atoms with E-state index in [1.165, 1.54) is 0 Å². The molecule has 1 aromatic carbocycles. The van der Waals surface area contributed by atoms with Gasteiger partial charge in [-0.15, -0.1) is 0 Å². The van der Waals surface area contributed by atoms with Crippen molar-refractivity contribution >= 4 is 31.9 Å². The Hall–Kier alpha value is -0.300. The van der Waals surface area contributed by atoms with Crippen LogP contribution in [0.1, 0.15) is 0 Å². The van der Waals surface area contributed by atoms with Crippen molar-refractivity contribution in [2.45, 2.75) is 6.10 Å². The maximum absolute atomic E-state index is 5.76. The molecule has 1 N–H and O–H groups in total. The van der Waals surface area contributed by atoms with E-state index in [9.17, 15) is 0 Å². The molecule has 1 aromatic rings. The molecule has 1 fully saturated rings. The lowest BCUT2D eigenvalue weighted by molar-refractivity contribution is 0.0000222. The normalized spacial score (nSPS) is 19.6. The average molecular weight is 381 g/mol. The van der Waals surface area contributed by atoms with Crippen LogP contribution in [-0.2, 0) is 4.74 Å². The SMILES string of the molecule is COc1cc(Br)c(OCC2CNCCO2)cc1Br. The van der Waals surface area contributed by atoms with Gasteiger partial charge in [-0.2, -0.15) is 0 Å². The first-order valence-electron chi connectivity index (χ1n) is 5.69. The summed E-state index contributed by atoms with van der Waals surface area (Å²) >= 11 is 6.90. The quantitative estimate of drug-likeness (QED) is 0.871. The van der Waals surface area contributed by atoms with Gasteiger partial charge >= 0.3 is 0 Å².